The second-order valence-corrected chi connectivity index (χ2v) is 6.07. The van der Waals surface area contributed by atoms with Gasteiger partial charge in [-0.3, -0.25) is 9.59 Å². The van der Waals surface area contributed by atoms with Gasteiger partial charge in [0.1, 0.15) is 0 Å². The maximum Gasteiger partial charge on any atom is 0.305 e. The molecule has 4 nitrogen and oxygen atoms in total. The SMILES string of the molecule is O=C(O)CC1(NC(=O)C2Cc3ccccc3C2)CCC1. The number of carboxylic acids is 1. The molecule has 2 aliphatic rings. The molecule has 0 unspecified atom stereocenters. The Morgan fingerprint density at radius 2 is 1.80 bits per heavy atom. The zero-order chi connectivity index (χ0) is 14.2. The molecule has 0 saturated heterocycles. The third-order valence-corrected chi connectivity index (χ3v) is 4.61. The molecule has 1 fully saturated rings. The van der Waals surface area contributed by atoms with Crippen LogP contribution in [-0.4, -0.2) is 22.5 Å². The van der Waals surface area contributed by atoms with Crippen LogP contribution in [0.1, 0.15) is 36.8 Å². The Labute approximate surface area is 118 Å². The van der Waals surface area contributed by atoms with Gasteiger partial charge >= 0.3 is 5.97 Å². The molecule has 1 amide bonds. The summed E-state index contributed by atoms with van der Waals surface area (Å²) >= 11 is 0. The number of carbonyl (C=O) groups is 2. The van der Waals surface area contributed by atoms with Gasteiger partial charge < -0.3 is 10.4 Å². The van der Waals surface area contributed by atoms with E-state index in [-0.39, 0.29) is 18.2 Å². The van der Waals surface area contributed by atoms with Crippen molar-refractivity contribution in [1.82, 2.24) is 5.32 Å². The van der Waals surface area contributed by atoms with E-state index >= 15 is 0 Å². The monoisotopic (exact) mass is 273 g/mol. The minimum Gasteiger partial charge on any atom is -0.481 e. The maximum atomic E-state index is 12.4. The van der Waals surface area contributed by atoms with Gasteiger partial charge in [-0.15, -0.1) is 0 Å². The van der Waals surface area contributed by atoms with Crippen LogP contribution in [0.4, 0.5) is 0 Å². The van der Waals surface area contributed by atoms with Crippen molar-refractivity contribution in [1.29, 1.82) is 0 Å². The first-order chi connectivity index (χ1) is 9.58. The van der Waals surface area contributed by atoms with Crippen LogP contribution in [0.15, 0.2) is 24.3 Å². The van der Waals surface area contributed by atoms with Gasteiger partial charge in [-0.05, 0) is 43.2 Å². The number of carbonyl (C=O) groups excluding carboxylic acids is 1. The fourth-order valence-corrected chi connectivity index (χ4v) is 3.35. The van der Waals surface area contributed by atoms with Crippen LogP contribution in [0.3, 0.4) is 0 Å². The summed E-state index contributed by atoms with van der Waals surface area (Å²) in [5.74, 6) is -0.861. The normalized spacial score (nSPS) is 20.0. The summed E-state index contributed by atoms with van der Waals surface area (Å²) in [5.41, 5.74) is 2.00. The van der Waals surface area contributed by atoms with E-state index < -0.39 is 11.5 Å². The van der Waals surface area contributed by atoms with Gasteiger partial charge in [0.15, 0.2) is 0 Å². The van der Waals surface area contributed by atoms with Crippen molar-refractivity contribution < 1.29 is 14.7 Å². The van der Waals surface area contributed by atoms with E-state index in [0.717, 1.165) is 32.1 Å². The predicted molar refractivity (Wildman–Crippen MR) is 74.3 cm³/mol. The minimum atomic E-state index is -0.834. The zero-order valence-electron chi connectivity index (χ0n) is 11.4. The lowest BCUT2D eigenvalue weighted by molar-refractivity contribution is -0.140. The van der Waals surface area contributed by atoms with Crippen LogP contribution in [0, 0.1) is 5.92 Å². The molecule has 0 aliphatic heterocycles. The fourth-order valence-electron chi connectivity index (χ4n) is 3.35. The molecule has 1 aromatic rings. The number of nitrogens with one attached hydrogen (secondary N) is 1. The van der Waals surface area contributed by atoms with Crippen LogP contribution in [0.5, 0.6) is 0 Å². The quantitative estimate of drug-likeness (QED) is 0.880. The summed E-state index contributed by atoms with van der Waals surface area (Å²) < 4.78 is 0. The molecule has 0 aromatic heterocycles. The smallest absolute Gasteiger partial charge is 0.305 e. The summed E-state index contributed by atoms with van der Waals surface area (Å²) in [7, 11) is 0. The Morgan fingerprint density at radius 3 is 2.25 bits per heavy atom. The summed E-state index contributed by atoms with van der Waals surface area (Å²) in [6.07, 6.45) is 4.14. The van der Waals surface area contributed by atoms with Gasteiger partial charge in [0.2, 0.25) is 5.91 Å². The van der Waals surface area contributed by atoms with Gasteiger partial charge in [-0.1, -0.05) is 24.3 Å². The summed E-state index contributed by atoms with van der Waals surface area (Å²) in [6, 6.07) is 8.13. The average molecular weight is 273 g/mol. The number of hydrogen-bond donors (Lipinski definition) is 2. The Bertz CT molecular complexity index is 523. The molecule has 1 aromatic carbocycles. The van der Waals surface area contributed by atoms with Gasteiger partial charge in [0.05, 0.1) is 12.0 Å². The molecular formula is C16H19NO3. The molecule has 0 heterocycles. The van der Waals surface area contributed by atoms with Crippen LogP contribution in [0.25, 0.3) is 0 Å². The summed E-state index contributed by atoms with van der Waals surface area (Å²) in [4.78, 5) is 23.3. The Morgan fingerprint density at radius 1 is 1.20 bits per heavy atom. The summed E-state index contributed by atoms with van der Waals surface area (Å²) in [6.45, 7) is 0. The Hall–Kier alpha value is -1.84. The average Bonchev–Trinajstić information content (AvgIpc) is 2.79. The number of amides is 1. The van der Waals surface area contributed by atoms with Crippen molar-refractivity contribution in [3.05, 3.63) is 35.4 Å². The summed E-state index contributed by atoms with van der Waals surface area (Å²) in [5, 5.41) is 12.0. The molecule has 2 N–H and O–H groups in total. The lowest BCUT2D eigenvalue weighted by atomic mass is 9.74. The number of aliphatic carboxylic acids is 1. The van der Waals surface area contributed by atoms with Crippen molar-refractivity contribution in [2.24, 2.45) is 5.92 Å². The molecule has 0 atom stereocenters. The fraction of sp³-hybridized carbons (Fsp3) is 0.500. The highest BCUT2D eigenvalue weighted by atomic mass is 16.4. The lowest BCUT2D eigenvalue weighted by Gasteiger charge is -2.42. The number of carboxylic acid groups (broad SMARTS) is 1. The molecule has 3 rings (SSSR count). The first kappa shape index (κ1) is 13.2. The molecular weight excluding hydrogens is 254 g/mol. The first-order valence-electron chi connectivity index (χ1n) is 7.19. The van der Waals surface area contributed by atoms with Crippen molar-refractivity contribution in [3.8, 4) is 0 Å². The topological polar surface area (TPSA) is 66.4 Å². The first-order valence-corrected chi connectivity index (χ1v) is 7.19. The van der Waals surface area contributed by atoms with E-state index in [1.807, 2.05) is 12.1 Å². The molecule has 106 valence electrons. The number of benzene rings is 1. The van der Waals surface area contributed by atoms with Gasteiger partial charge in [0.25, 0.3) is 0 Å². The molecule has 1 saturated carbocycles. The van der Waals surface area contributed by atoms with Crippen molar-refractivity contribution in [2.75, 3.05) is 0 Å². The van der Waals surface area contributed by atoms with Gasteiger partial charge in [0, 0.05) is 5.92 Å². The van der Waals surface area contributed by atoms with Gasteiger partial charge in [-0.2, -0.15) is 0 Å². The zero-order valence-corrected chi connectivity index (χ0v) is 11.4. The molecule has 2 aliphatic carbocycles. The van der Waals surface area contributed by atoms with Crippen molar-refractivity contribution in [2.45, 2.75) is 44.1 Å². The highest BCUT2D eigenvalue weighted by Gasteiger charge is 2.42. The molecule has 0 spiro atoms. The maximum absolute atomic E-state index is 12.4. The number of fused-ring (bicyclic) bond motifs is 1. The second kappa shape index (κ2) is 4.93. The Kier molecular flexibility index (Phi) is 3.24. The van der Waals surface area contributed by atoms with E-state index in [4.69, 9.17) is 5.11 Å². The highest BCUT2D eigenvalue weighted by Crippen LogP contribution is 2.36. The van der Waals surface area contributed by atoms with Crippen molar-refractivity contribution >= 4 is 11.9 Å². The van der Waals surface area contributed by atoms with E-state index in [0.29, 0.717) is 0 Å². The van der Waals surface area contributed by atoms with E-state index in [9.17, 15) is 9.59 Å². The van der Waals surface area contributed by atoms with E-state index in [2.05, 4.69) is 17.4 Å². The van der Waals surface area contributed by atoms with E-state index in [1.54, 1.807) is 0 Å². The Balaban J connectivity index is 1.65. The van der Waals surface area contributed by atoms with Gasteiger partial charge in [-0.25, -0.2) is 0 Å². The predicted octanol–water partition coefficient (Wildman–Crippen LogP) is 1.91. The molecule has 20 heavy (non-hydrogen) atoms. The highest BCUT2D eigenvalue weighted by molar-refractivity contribution is 5.82. The third-order valence-electron chi connectivity index (χ3n) is 4.61. The molecule has 4 heteroatoms. The van der Waals surface area contributed by atoms with Crippen LogP contribution >= 0.6 is 0 Å². The standard InChI is InChI=1S/C16H19NO3/c18-14(19)10-16(6-3-7-16)17-15(20)13-8-11-4-1-2-5-12(11)9-13/h1-2,4-5,13H,3,6-10H2,(H,17,20)(H,18,19). The number of rotatable bonds is 4. The van der Waals surface area contributed by atoms with Crippen LogP contribution in [-0.2, 0) is 22.4 Å². The van der Waals surface area contributed by atoms with Crippen molar-refractivity contribution in [3.63, 3.8) is 0 Å². The minimum absolute atomic E-state index is 0.0159. The second-order valence-electron chi connectivity index (χ2n) is 6.07. The van der Waals surface area contributed by atoms with Crippen LogP contribution < -0.4 is 5.32 Å². The van der Waals surface area contributed by atoms with E-state index in [1.165, 1.54) is 11.1 Å². The lowest BCUT2D eigenvalue weighted by Crippen LogP contribution is -2.56. The molecule has 0 bridgehead atoms. The number of hydrogen-bond acceptors (Lipinski definition) is 2. The van der Waals surface area contributed by atoms with Crippen LogP contribution in [0.2, 0.25) is 0 Å². The molecule has 0 radical (unpaired) electrons. The largest absolute Gasteiger partial charge is 0.481 e. The third kappa shape index (κ3) is 2.42.